The van der Waals surface area contributed by atoms with Crippen molar-refractivity contribution in [3.63, 3.8) is 0 Å². The van der Waals surface area contributed by atoms with E-state index < -0.39 is 0 Å². The molecule has 0 aliphatic carbocycles. The van der Waals surface area contributed by atoms with Gasteiger partial charge in [-0.25, -0.2) is 4.99 Å². The molecule has 0 saturated carbocycles. The van der Waals surface area contributed by atoms with Crippen molar-refractivity contribution >= 4 is 11.6 Å². The fourth-order valence-electron chi connectivity index (χ4n) is 2.66. The molecule has 0 aliphatic heterocycles. The maximum Gasteiger partial charge on any atom is 0.195 e. The van der Waals surface area contributed by atoms with Gasteiger partial charge < -0.3 is 24.8 Å². The number of benzene rings is 2. The maximum absolute atomic E-state index is 5.76. The molecule has 1 unspecified atom stereocenters. The first-order valence-electron chi connectivity index (χ1n) is 9.61. The molecule has 2 aromatic carbocycles. The molecule has 0 saturated heterocycles. The van der Waals surface area contributed by atoms with Crippen LogP contribution in [0.4, 0.5) is 5.69 Å². The predicted octanol–water partition coefficient (Wildman–Crippen LogP) is 3.87. The number of hydrogen-bond donors (Lipinski definition) is 2. The summed E-state index contributed by atoms with van der Waals surface area (Å²) in [7, 11) is 3.40. The van der Waals surface area contributed by atoms with Gasteiger partial charge in [-0.3, -0.25) is 0 Å². The van der Waals surface area contributed by atoms with E-state index in [-0.39, 0.29) is 6.10 Å². The Morgan fingerprint density at radius 1 is 1.04 bits per heavy atom. The van der Waals surface area contributed by atoms with E-state index in [0.717, 1.165) is 30.0 Å². The van der Waals surface area contributed by atoms with Crippen molar-refractivity contribution in [1.82, 2.24) is 5.32 Å². The van der Waals surface area contributed by atoms with Gasteiger partial charge >= 0.3 is 0 Å². The van der Waals surface area contributed by atoms with Crippen molar-refractivity contribution in [2.24, 2.45) is 4.99 Å². The molecule has 0 fully saturated rings. The van der Waals surface area contributed by atoms with E-state index in [9.17, 15) is 0 Å². The smallest absolute Gasteiger partial charge is 0.195 e. The van der Waals surface area contributed by atoms with Crippen LogP contribution < -0.4 is 15.4 Å². The van der Waals surface area contributed by atoms with Crippen molar-refractivity contribution in [1.29, 1.82) is 0 Å². The summed E-state index contributed by atoms with van der Waals surface area (Å²) in [4.78, 5) is 4.68. The second kappa shape index (κ2) is 12.8. The second-order valence-electron chi connectivity index (χ2n) is 6.20. The van der Waals surface area contributed by atoms with Gasteiger partial charge in [0.05, 0.1) is 13.2 Å². The average Bonchev–Trinajstić information content (AvgIpc) is 2.73. The van der Waals surface area contributed by atoms with E-state index in [1.807, 2.05) is 49.4 Å². The van der Waals surface area contributed by atoms with Crippen LogP contribution in [-0.2, 0) is 9.47 Å². The maximum atomic E-state index is 5.76. The van der Waals surface area contributed by atoms with Gasteiger partial charge in [0.2, 0.25) is 0 Å². The van der Waals surface area contributed by atoms with Crippen LogP contribution in [0.15, 0.2) is 59.6 Å². The molecule has 0 aliphatic rings. The largest absolute Gasteiger partial charge is 0.493 e. The van der Waals surface area contributed by atoms with Gasteiger partial charge in [-0.05, 0) is 24.6 Å². The summed E-state index contributed by atoms with van der Waals surface area (Å²) in [6.07, 6.45) is 0.767. The van der Waals surface area contributed by atoms with Gasteiger partial charge in [-0.2, -0.15) is 0 Å². The van der Waals surface area contributed by atoms with Crippen molar-refractivity contribution in [3.05, 3.63) is 60.2 Å². The monoisotopic (exact) mass is 385 g/mol. The molecule has 0 bridgehead atoms. The topological polar surface area (TPSA) is 64.1 Å². The van der Waals surface area contributed by atoms with Gasteiger partial charge in [-0.15, -0.1) is 0 Å². The Morgan fingerprint density at radius 2 is 1.86 bits per heavy atom. The Morgan fingerprint density at radius 3 is 2.57 bits per heavy atom. The third kappa shape index (κ3) is 7.58. The van der Waals surface area contributed by atoms with Crippen LogP contribution in [0.3, 0.4) is 0 Å². The van der Waals surface area contributed by atoms with Gasteiger partial charge in [0.25, 0.3) is 0 Å². The molecule has 28 heavy (non-hydrogen) atoms. The zero-order chi connectivity index (χ0) is 20.0. The lowest BCUT2D eigenvalue weighted by Gasteiger charge is -2.16. The predicted molar refractivity (Wildman–Crippen MR) is 114 cm³/mol. The number of nitrogens with zero attached hydrogens (tertiary/aromatic N) is 1. The highest BCUT2D eigenvalue weighted by Crippen LogP contribution is 2.19. The third-order valence-electron chi connectivity index (χ3n) is 4.07. The molecule has 2 rings (SSSR count). The molecular formula is C22H31N3O3. The Kier molecular flexibility index (Phi) is 9.89. The van der Waals surface area contributed by atoms with E-state index in [0.29, 0.717) is 25.7 Å². The van der Waals surface area contributed by atoms with Gasteiger partial charge in [0.1, 0.15) is 11.9 Å². The SMILES string of the molecule is CCNC(=NCC(OC)c1ccccc1)Nc1cccc(OCCCOC)c1. The summed E-state index contributed by atoms with van der Waals surface area (Å²) < 4.78 is 16.4. The lowest BCUT2D eigenvalue weighted by Crippen LogP contribution is -2.31. The third-order valence-corrected chi connectivity index (χ3v) is 4.07. The van der Waals surface area contributed by atoms with Crippen LogP contribution in [0, 0.1) is 0 Å². The lowest BCUT2D eigenvalue weighted by molar-refractivity contribution is 0.111. The fraction of sp³-hybridized carbons (Fsp3) is 0.409. The Labute approximate surface area is 167 Å². The molecule has 2 aromatic rings. The number of methoxy groups -OCH3 is 2. The van der Waals surface area contributed by atoms with Crippen LogP contribution in [0.2, 0.25) is 0 Å². The number of rotatable bonds is 11. The van der Waals surface area contributed by atoms with Crippen molar-refractivity contribution in [3.8, 4) is 5.75 Å². The van der Waals surface area contributed by atoms with Crippen molar-refractivity contribution in [2.75, 3.05) is 45.8 Å². The Bertz CT molecular complexity index is 707. The molecule has 6 heteroatoms. The molecular weight excluding hydrogens is 354 g/mol. The summed E-state index contributed by atoms with van der Waals surface area (Å²) in [6.45, 7) is 4.64. The van der Waals surface area contributed by atoms with Crippen LogP contribution in [-0.4, -0.2) is 46.5 Å². The van der Waals surface area contributed by atoms with E-state index >= 15 is 0 Å². The molecule has 1 atom stereocenters. The average molecular weight is 386 g/mol. The van der Waals surface area contributed by atoms with Crippen molar-refractivity contribution in [2.45, 2.75) is 19.4 Å². The van der Waals surface area contributed by atoms with Crippen molar-refractivity contribution < 1.29 is 14.2 Å². The summed E-state index contributed by atoms with van der Waals surface area (Å²) in [5.74, 6) is 1.52. The summed E-state index contributed by atoms with van der Waals surface area (Å²) in [5, 5.41) is 6.60. The highest BCUT2D eigenvalue weighted by Gasteiger charge is 2.10. The molecule has 152 valence electrons. The first-order valence-corrected chi connectivity index (χ1v) is 9.61. The highest BCUT2D eigenvalue weighted by atomic mass is 16.5. The van der Waals surface area contributed by atoms with E-state index in [1.54, 1.807) is 14.2 Å². The van der Waals surface area contributed by atoms with E-state index in [2.05, 4.69) is 27.8 Å². The standard InChI is InChI=1S/C22H31N3O3/c1-4-23-22(24-17-21(27-3)18-10-6-5-7-11-18)25-19-12-8-13-20(16-19)28-15-9-14-26-2/h5-8,10-13,16,21H,4,9,14-15,17H2,1-3H3,(H2,23,24,25). The van der Waals surface area contributed by atoms with Gasteiger partial charge in [-0.1, -0.05) is 36.4 Å². The number of nitrogens with one attached hydrogen (secondary N) is 2. The molecule has 0 heterocycles. The zero-order valence-corrected chi connectivity index (χ0v) is 17.0. The van der Waals surface area contributed by atoms with Gasteiger partial charge in [0, 0.05) is 45.5 Å². The molecule has 6 nitrogen and oxygen atoms in total. The molecule has 0 aromatic heterocycles. The Hall–Kier alpha value is -2.57. The summed E-state index contributed by atoms with van der Waals surface area (Å²) >= 11 is 0. The zero-order valence-electron chi connectivity index (χ0n) is 17.0. The number of hydrogen-bond acceptors (Lipinski definition) is 4. The van der Waals surface area contributed by atoms with Gasteiger partial charge in [0.15, 0.2) is 5.96 Å². The number of guanidine groups is 1. The molecule has 0 radical (unpaired) electrons. The van der Waals surface area contributed by atoms with E-state index in [1.165, 1.54) is 0 Å². The van der Waals surface area contributed by atoms with E-state index in [4.69, 9.17) is 14.2 Å². The fourth-order valence-corrected chi connectivity index (χ4v) is 2.66. The second-order valence-corrected chi connectivity index (χ2v) is 6.20. The minimum absolute atomic E-state index is 0.0906. The molecule has 2 N–H and O–H groups in total. The lowest BCUT2D eigenvalue weighted by atomic mass is 10.1. The van der Waals surface area contributed by atoms with Crippen LogP contribution in [0.1, 0.15) is 25.0 Å². The van der Waals surface area contributed by atoms with Crippen LogP contribution in [0.5, 0.6) is 5.75 Å². The first-order chi connectivity index (χ1) is 13.8. The minimum atomic E-state index is -0.0906. The normalized spacial score (nSPS) is 12.5. The quantitative estimate of drug-likeness (QED) is 0.349. The minimum Gasteiger partial charge on any atom is -0.493 e. The number of aliphatic imine (C=N–C) groups is 1. The summed E-state index contributed by atoms with van der Waals surface area (Å²) in [6, 6.07) is 18.0. The number of ether oxygens (including phenoxy) is 3. The number of anilines is 1. The Balaban J connectivity index is 2.00. The first kappa shape index (κ1) is 21.7. The molecule has 0 spiro atoms. The highest BCUT2D eigenvalue weighted by molar-refractivity contribution is 5.93. The molecule has 0 amide bonds. The van der Waals surface area contributed by atoms with Crippen LogP contribution in [0.25, 0.3) is 0 Å². The summed E-state index contributed by atoms with van der Waals surface area (Å²) in [5.41, 5.74) is 2.02. The van der Waals surface area contributed by atoms with Crippen LogP contribution >= 0.6 is 0 Å².